The van der Waals surface area contributed by atoms with Gasteiger partial charge in [-0.2, -0.15) is 0 Å². The zero-order valence-electron chi connectivity index (χ0n) is 24.1. The maximum Gasteiger partial charge on any atom is 0.251 e. The van der Waals surface area contributed by atoms with E-state index >= 15 is 0 Å². The molecule has 0 radical (unpaired) electrons. The highest BCUT2D eigenvalue weighted by molar-refractivity contribution is 7.92. The van der Waals surface area contributed by atoms with Crippen molar-refractivity contribution in [2.45, 2.75) is 38.6 Å². The molecule has 1 aromatic heterocycles. The molecule has 42 heavy (non-hydrogen) atoms. The number of hydrogen-bond acceptors (Lipinski definition) is 7. The first-order valence-corrected chi connectivity index (χ1v) is 15.1. The maximum atomic E-state index is 13.6. The largest absolute Gasteiger partial charge is 0.497 e. The summed E-state index contributed by atoms with van der Waals surface area (Å²) in [6.45, 7) is 5.78. The first kappa shape index (κ1) is 30.5. The molecular weight excluding hydrogens is 552 g/mol. The standard InChI is InChI=1S/C33H34N2O6S/c1-33(2,3)20-27(36)22-42(38,39)31-19-25(32(37)35-21-26-9-5-6-17-34-26)13-16-30(31)41-29-10-7-8-24(18-29)23-11-14-28(40-4)15-12-23/h5-19H,20-22H2,1-4H3,(H,35,37). The number of Topliss-reactive ketones (excluding diaryl/α,β-unsaturated/α-hetero) is 1. The maximum absolute atomic E-state index is 13.6. The van der Waals surface area contributed by atoms with E-state index in [1.54, 1.807) is 43.6 Å². The normalized spacial score (nSPS) is 11.5. The fraction of sp³-hybridized carbons (Fsp3) is 0.242. The number of nitrogens with one attached hydrogen (secondary N) is 1. The number of methoxy groups -OCH3 is 1. The molecule has 0 aliphatic carbocycles. The molecule has 1 amide bonds. The third kappa shape index (κ3) is 8.27. The number of pyridine rings is 1. The van der Waals surface area contributed by atoms with Crippen LogP contribution in [0.4, 0.5) is 0 Å². The molecule has 8 nitrogen and oxygen atoms in total. The van der Waals surface area contributed by atoms with Crippen LogP contribution in [0.5, 0.6) is 17.2 Å². The van der Waals surface area contributed by atoms with Crippen LogP contribution in [0.1, 0.15) is 43.2 Å². The van der Waals surface area contributed by atoms with Gasteiger partial charge in [0.2, 0.25) is 0 Å². The number of aromatic nitrogens is 1. The Bertz CT molecular complexity index is 1660. The van der Waals surface area contributed by atoms with Crippen LogP contribution in [0, 0.1) is 5.41 Å². The van der Waals surface area contributed by atoms with Gasteiger partial charge in [-0.05, 0) is 71.1 Å². The first-order valence-electron chi connectivity index (χ1n) is 13.4. The Morgan fingerprint density at radius 3 is 2.29 bits per heavy atom. The van der Waals surface area contributed by atoms with Crippen LogP contribution in [0.2, 0.25) is 0 Å². The predicted molar refractivity (Wildman–Crippen MR) is 161 cm³/mol. The predicted octanol–water partition coefficient (Wildman–Crippen LogP) is 6.26. The van der Waals surface area contributed by atoms with Crippen molar-refractivity contribution in [2.24, 2.45) is 5.41 Å². The molecule has 1 N–H and O–H groups in total. The molecular formula is C33H34N2O6S. The Balaban J connectivity index is 1.65. The Morgan fingerprint density at radius 2 is 1.62 bits per heavy atom. The molecule has 4 rings (SSSR count). The molecule has 0 bridgehead atoms. The van der Waals surface area contributed by atoms with Crippen molar-refractivity contribution in [1.82, 2.24) is 10.3 Å². The Morgan fingerprint density at radius 1 is 0.857 bits per heavy atom. The summed E-state index contributed by atoms with van der Waals surface area (Å²) in [6, 6.07) is 24.3. The molecule has 0 atom stereocenters. The summed E-state index contributed by atoms with van der Waals surface area (Å²) in [6.07, 6.45) is 1.72. The molecule has 0 saturated carbocycles. The van der Waals surface area contributed by atoms with Crippen LogP contribution in [0.3, 0.4) is 0 Å². The lowest BCUT2D eigenvalue weighted by molar-refractivity contribution is -0.118. The Labute approximate surface area is 246 Å². The fourth-order valence-electron chi connectivity index (χ4n) is 4.33. The third-order valence-electron chi connectivity index (χ3n) is 6.26. The van der Waals surface area contributed by atoms with E-state index in [0.717, 1.165) is 16.9 Å². The lowest BCUT2D eigenvalue weighted by Gasteiger charge is -2.18. The number of ether oxygens (including phenoxy) is 2. The van der Waals surface area contributed by atoms with Crippen molar-refractivity contribution in [3.8, 4) is 28.4 Å². The van der Waals surface area contributed by atoms with E-state index in [1.165, 1.54) is 18.2 Å². The van der Waals surface area contributed by atoms with Gasteiger partial charge in [0.15, 0.2) is 9.84 Å². The molecule has 1 heterocycles. The smallest absolute Gasteiger partial charge is 0.251 e. The Kier molecular flexibility index (Phi) is 9.42. The van der Waals surface area contributed by atoms with Crippen molar-refractivity contribution in [3.05, 3.63) is 102 Å². The molecule has 218 valence electrons. The summed E-state index contributed by atoms with van der Waals surface area (Å²) in [4.78, 5) is 29.7. The quantitative estimate of drug-likeness (QED) is 0.221. The molecule has 0 spiro atoms. The van der Waals surface area contributed by atoms with Gasteiger partial charge in [-0.25, -0.2) is 8.42 Å². The zero-order chi connectivity index (χ0) is 30.3. The van der Waals surface area contributed by atoms with Gasteiger partial charge in [-0.1, -0.05) is 51.1 Å². The van der Waals surface area contributed by atoms with Gasteiger partial charge in [0.25, 0.3) is 5.91 Å². The molecule has 0 aliphatic heterocycles. The zero-order valence-corrected chi connectivity index (χ0v) is 24.9. The topological polar surface area (TPSA) is 112 Å². The van der Waals surface area contributed by atoms with Gasteiger partial charge < -0.3 is 14.8 Å². The first-order chi connectivity index (χ1) is 19.9. The molecule has 0 unspecified atom stereocenters. The van der Waals surface area contributed by atoms with E-state index in [-0.39, 0.29) is 34.6 Å². The van der Waals surface area contributed by atoms with Gasteiger partial charge >= 0.3 is 0 Å². The second-order valence-corrected chi connectivity index (χ2v) is 13.0. The van der Waals surface area contributed by atoms with Crippen molar-refractivity contribution < 1.29 is 27.5 Å². The van der Waals surface area contributed by atoms with Crippen LogP contribution in [-0.4, -0.2) is 38.0 Å². The van der Waals surface area contributed by atoms with Crippen LogP contribution in [-0.2, 0) is 21.2 Å². The van der Waals surface area contributed by atoms with Gasteiger partial charge in [-0.3, -0.25) is 14.6 Å². The lowest BCUT2D eigenvalue weighted by atomic mass is 9.90. The second-order valence-electron chi connectivity index (χ2n) is 11.1. The summed E-state index contributed by atoms with van der Waals surface area (Å²) in [5, 5.41) is 2.76. The number of carbonyl (C=O) groups is 2. The van der Waals surface area contributed by atoms with Gasteiger partial charge in [0.05, 0.1) is 19.3 Å². The molecule has 3 aromatic carbocycles. The number of hydrogen-bond donors (Lipinski definition) is 1. The molecule has 0 saturated heterocycles. The number of amides is 1. The van der Waals surface area contributed by atoms with E-state index in [2.05, 4.69) is 10.3 Å². The van der Waals surface area contributed by atoms with E-state index in [1.807, 2.05) is 57.2 Å². The highest BCUT2D eigenvalue weighted by atomic mass is 32.2. The monoisotopic (exact) mass is 586 g/mol. The SMILES string of the molecule is COc1ccc(-c2cccc(Oc3ccc(C(=O)NCc4ccccn4)cc3S(=O)(=O)CC(=O)CC(C)(C)C)c2)cc1. The second kappa shape index (κ2) is 13.0. The number of benzene rings is 3. The lowest BCUT2D eigenvalue weighted by Crippen LogP contribution is -2.24. The van der Waals surface area contributed by atoms with Crippen molar-refractivity contribution in [2.75, 3.05) is 12.9 Å². The van der Waals surface area contributed by atoms with Gasteiger partial charge in [0, 0.05) is 18.2 Å². The molecule has 0 fully saturated rings. The van der Waals surface area contributed by atoms with E-state index in [0.29, 0.717) is 11.4 Å². The van der Waals surface area contributed by atoms with Crippen LogP contribution >= 0.6 is 0 Å². The van der Waals surface area contributed by atoms with Crippen molar-refractivity contribution >= 4 is 21.5 Å². The van der Waals surface area contributed by atoms with Crippen molar-refractivity contribution in [1.29, 1.82) is 0 Å². The van der Waals surface area contributed by atoms with Gasteiger partial charge in [0.1, 0.15) is 33.7 Å². The van der Waals surface area contributed by atoms with E-state index in [9.17, 15) is 18.0 Å². The van der Waals surface area contributed by atoms with E-state index < -0.39 is 27.3 Å². The summed E-state index contributed by atoms with van der Waals surface area (Å²) < 4.78 is 38.5. The summed E-state index contributed by atoms with van der Waals surface area (Å²) in [5.41, 5.74) is 2.17. The summed E-state index contributed by atoms with van der Waals surface area (Å²) >= 11 is 0. The van der Waals surface area contributed by atoms with Crippen LogP contribution in [0.25, 0.3) is 11.1 Å². The number of sulfone groups is 1. The summed E-state index contributed by atoms with van der Waals surface area (Å²) in [7, 11) is -2.56. The van der Waals surface area contributed by atoms with Gasteiger partial charge in [-0.15, -0.1) is 0 Å². The minimum absolute atomic E-state index is 0.0201. The average molecular weight is 587 g/mol. The summed E-state index contributed by atoms with van der Waals surface area (Å²) in [5.74, 6) is -0.455. The fourth-order valence-corrected chi connectivity index (χ4v) is 5.74. The molecule has 0 aliphatic rings. The number of ketones is 1. The molecule has 4 aromatic rings. The minimum atomic E-state index is -4.16. The minimum Gasteiger partial charge on any atom is -0.497 e. The Hall–Kier alpha value is -4.50. The highest BCUT2D eigenvalue weighted by Crippen LogP contribution is 2.34. The number of nitrogens with zero attached hydrogens (tertiary/aromatic N) is 1. The molecule has 9 heteroatoms. The third-order valence-corrected chi connectivity index (χ3v) is 7.95. The highest BCUT2D eigenvalue weighted by Gasteiger charge is 2.27. The number of rotatable bonds is 11. The van der Waals surface area contributed by atoms with Crippen LogP contribution < -0.4 is 14.8 Å². The van der Waals surface area contributed by atoms with Crippen LogP contribution in [0.15, 0.2) is 96.0 Å². The van der Waals surface area contributed by atoms with Crippen molar-refractivity contribution in [3.63, 3.8) is 0 Å². The number of carbonyl (C=O) groups excluding carboxylic acids is 2. The van der Waals surface area contributed by atoms with E-state index in [4.69, 9.17) is 9.47 Å². The average Bonchev–Trinajstić information content (AvgIpc) is 2.95.